The van der Waals surface area contributed by atoms with Gasteiger partial charge < -0.3 is 19.5 Å². The molecule has 2 aromatic rings. The van der Waals surface area contributed by atoms with Crippen LogP contribution in [-0.2, 0) is 0 Å². The Bertz CT molecular complexity index is 736. The van der Waals surface area contributed by atoms with Gasteiger partial charge in [-0.05, 0) is 25.5 Å². The third kappa shape index (κ3) is 3.14. The van der Waals surface area contributed by atoms with E-state index >= 15 is 0 Å². The number of amides is 1. The molecule has 1 fully saturated rings. The van der Waals surface area contributed by atoms with Crippen molar-refractivity contribution in [3.05, 3.63) is 47.9 Å². The highest BCUT2D eigenvalue weighted by atomic mass is 16.5. The zero-order chi connectivity index (χ0) is 17.3. The lowest BCUT2D eigenvalue weighted by molar-refractivity contribution is -0.0236. The Morgan fingerprint density at radius 3 is 2.84 bits per heavy atom. The number of fused-ring (bicyclic) bond motifs is 1. The molecule has 1 aromatic heterocycles. The fourth-order valence-corrected chi connectivity index (χ4v) is 3.89. The number of piperidine rings is 1. The van der Waals surface area contributed by atoms with Crippen LogP contribution < -0.4 is 10.1 Å². The summed E-state index contributed by atoms with van der Waals surface area (Å²) in [4.78, 5) is 14.9. The Hall–Kier alpha value is -2.34. The molecule has 1 atom stereocenters. The van der Waals surface area contributed by atoms with Gasteiger partial charge >= 0.3 is 0 Å². The van der Waals surface area contributed by atoms with E-state index in [1.807, 2.05) is 24.3 Å². The molecule has 4 rings (SSSR count). The fourth-order valence-electron chi connectivity index (χ4n) is 3.89. The Morgan fingerprint density at radius 2 is 2.12 bits per heavy atom. The van der Waals surface area contributed by atoms with Gasteiger partial charge in [0.1, 0.15) is 11.4 Å². The van der Waals surface area contributed by atoms with E-state index in [1.165, 1.54) is 6.20 Å². The summed E-state index contributed by atoms with van der Waals surface area (Å²) in [5.41, 5.74) is 0.818. The molecule has 0 unspecified atom stereocenters. The van der Waals surface area contributed by atoms with Crippen LogP contribution >= 0.6 is 0 Å². The van der Waals surface area contributed by atoms with Crippen molar-refractivity contribution in [2.75, 3.05) is 19.6 Å². The predicted octanol–water partition coefficient (Wildman–Crippen LogP) is 2.78. The standard InChI is InChI=1S/C19H23N3O3/c1-2-22-11-8-19(9-12-22)13-15(14-5-3-4-6-16(14)24-19)21-18(23)17-7-10-20-25-17/h3-7,10,15H,2,8-9,11-13H2,1H3,(H,21,23)/t15-/m1/s1. The number of aromatic nitrogens is 1. The highest BCUT2D eigenvalue weighted by molar-refractivity contribution is 5.91. The van der Waals surface area contributed by atoms with Crippen molar-refractivity contribution in [2.45, 2.75) is 37.8 Å². The number of benzene rings is 1. The highest BCUT2D eigenvalue weighted by Gasteiger charge is 2.43. The number of carbonyl (C=O) groups excluding carboxylic acids is 1. The predicted molar refractivity (Wildman–Crippen MR) is 92.5 cm³/mol. The molecule has 0 saturated carbocycles. The van der Waals surface area contributed by atoms with Crippen molar-refractivity contribution in [3.63, 3.8) is 0 Å². The Kier molecular flexibility index (Phi) is 4.21. The minimum atomic E-state index is -0.236. The van der Waals surface area contributed by atoms with Gasteiger partial charge in [-0.2, -0.15) is 0 Å². The molecule has 1 amide bonds. The maximum Gasteiger partial charge on any atom is 0.290 e. The molecule has 132 valence electrons. The van der Waals surface area contributed by atoms with Crippen molar-refractivity contribution in [2.24, 2.45) is 0 Å². The van der Waals surface area contributed by atoms with Crippen LogP contribution in [0, 0.1) is 0 Å². The molecular formula is C19H23N3O3. The zero-order valence-corrected chi connectivity index (χ0v) is 14.4. The van der Waals surface area contributed by atoms with E-state index in [0.29, 0.717) is 0 Å². The number of nitrogens with zero attached hydrogens (tertiary/aromatic N) is 2. The van der Waals surface area contributed by atoms with Crippen molar-refractivity contribution in [1.29, 1.82) is 0 Å². The van der Waals surface area contributed by atoms with Gasteiger partial charge in [-0.25, -0.2) is 0 Å². The summed E-state index contributed by atoms with van der Waals surface area (Å²) in [5.74, 6) is 0.876. The minimum Gasteiger partial charge on any atom is -0.487 e. The Labute approximate surface area is 147 Å². The number of carbonyl (C=O) groups is 1. The van der Waals surface area contributed by atoms with Gasteiger partial charge in [0.25, 0.3) is 5.91 Å². The van der Waals surface area contributed by atoms with E-state index in [1.54, 1.807) is 6.07 Å². The summed E-state index contributed by atoms with van der Waals surface area (Å²) < 4.78 is 11.4. The number of para-hydroxylation sites is 1. The second kappa shape index (κ2) is 6.52. The second-order valence-electron chi connectivity index (χ2n) is 6.86. The van der Waals surface area contributed by atoms with Crippen LogP contribution in [0.1, 0.15) is 48.3 Å². The molecule has 6 heteroatoms. The second-order valence-corrected chi connectivity index (χ2v) is 6.86. The van der Waals surface area contributed by atoms with Gasteiger partial charge in [0.2, 0.25) is 5.76 Å². The summed E-state index contributed by atoms with van der Waals surface area (Å²) in [6.07, 6.45) is 4.21. The molecular weight excluding hydrogens is 318 g/mol. The van der Waals surface area contributed by atoms with Gasteiger partial charge in [0.15, 0.2) is 0 Å². The SMILES string of the molecule is CCN1CCC2(CC1)C[C@@H](NC(=O)c1ccno1)c1ccccc1O2. The normalized spacial score (nSPS) is 22.2. The van der Waals surface area contributed by atoms with Crippen LogP contribution in [0.15, 0.2) is 41.1 Å². The van der Waals surface area contributed by atoms with Crippen LogP contribution in [0.2, 0.25) is 0 Å². The summed E-state index contributed by atoms with van der Waals surface area (Å²) in [6, 6.07) is 9.47. The van der Waals surface area contributed by atoms with Crippen LogP contribution in [0.5, 0.6) is 5.75 Å². The summed E-state index contributed by atoms with van der Waals surface area (Å²) in [5, 5.41) is 6.72. The molecule has 0 aliphatic carbocycles. The Morgan fingerprint density at radius 1 is 1.32 bits per heavy atom. The fraction of sp³-hybridized carbons (Fsp3) is 0.474. The quantitative estimate of drug-likeness (QED) is 0.930. The number of hydrogen-bond acceptors (Lipinski definition) is 5. The monoisotopic (exact) mass is 341 g/mol. The van der Waals surface area contributed by atoms with E-state index in [0.717, 1.165) is 50.2 Å². The first-order valence-electron chi connectivity index (χ1n) is 8.91. The van der Waals surface area contributed by atoms with Gasteiger partial charge in [-0.15, -0.1) is 0 Å². The van der Waals surface area contributed by atoms with E-state index in [9.17, 15) is 4.79 Å². The van der Waals surface area contributed by atoms with Crippen LogP contribution in [0.25, 0.3) is 0 Å². The third-order valence-electron chi connectivity index (χ3n) is 5.38. The lowest BCUT2D eigenvalue weighted by Crippen LogP contribution is -2.52. The van der Waals surface area contributed by atoms with Crippen molar-refractivity contribution >= 4 is 5.91 Å². The molecule has 2 aliphatic rings. The number of hydrogen-bond donors (Lipinski definition) is 1. The first kappa shape index (κ1) is 16.1. The molecule has 6 nitrogen and oxygen atoms in total. The number of nitrogens with one attached hydrogen (secondary N) is 1. The summed E-state index contributed by atoms with van der Waals surface area (Å²) >= 11 is 0. The minimum absolute atomic E-state index is 0.0873. The van der Waals surface area contributed by atoms with Gasteiger partial charge in [0.05, 0.1) is 12.2 Å². The van der Waals surface area contributed by atoms with E-state index in [2.05, 4.69) is 22.3 Å². The average molecular weight is 341 g/mol. The molecule has 2 aliphatic heterocycles. The maximum atomic E-state index is 12.5. The first-order chi connectivity index (χ1) is 12.2. The molecule has 1 aromatic carbocycles. The zero-order valence-electron chi connectivity index (χ0n) is 14.4. The Balaban J connectivity index is 1.58. The highest BCUT2D eigenvalue weighted by Crippen LogP contribution is 2.44. The van der Waals surface area contributed by atoms with Crippen LogP contribution in [0.4, 0.5) is 0 Å². The number of likely N-dealkylation sites (tertiary alicyclic amines) is 1. The maximum absolute atomic E-state index is 12.5. The van der Waals surface area contributed by atoms with Crippen LogP contribution in [0.3, 0.4) is 0 Å². The largest absolute Gasteiger partial charge is 0.487 e. The molecule has 25 heavy (non-hydrogen) atoms. The number of rotatable bonds is 3. The lowest BCUT2D eigenvalue weighted by atomic mass is 9.80. The van der Waals surface area contributed by atoms with Crippen molar-refractivity contribution < 1.29 is 14.1 Å². The van der Waals surface area contributed by atoms with E-state index < -0.39 is 0 Å². The average Bonchev–Trinajstić information content (AvgIpc) is 3.17. The van der Waals surface area contributed by atoms with E-state index in [4.69, 9.17) is 9.26 Å². The molecule has 1 saturated heterocycles. The van der Waals surface area contributed by atoms with Crippen LogP contribution in [-0.4, -0.2) is 41.2 Å². The molecule has 1 N–H and O–H groups in total. The number of ether oxygens (including phenoxy) is 1. The van der Waals surface area contributed by atoms with Crippen molar-refractivity contribution in [1.82, 2.24) is 15.4 Å². The van der Waals surface area contributed by atoms with Gasteiger partial charge in [0, 0.05) is 31.1 Å². The summed E-state index contributed by atoms with van der Waals surface area (Å²) in [7, 11) is 0. The van der Waals surface area contributed by atoms with Gasteiger partial charge in [-0.3, -0.25) is 4.79 Å². The topological polar surface area (TPSA) is 67.6 Å². The first-order valence-corrected chi connectivity index (χ1v) is 8.91. The lowest BCUT2D eigenvalue weighted by Gasteiger charge is -2.46. The molecule has 1 spiro atoms. The smallest absolute Gasteiger partial charge is 0.290 e. The third-order valence-corrected chi connectivity index (χ3v) is 5.38. The molecule has 0 radical (unpaired) electrons. The van der Waals surface area contributed by atoms with Crippen molar-refractivity contribution in [3.8, 4) is 5.75 Å². The molecule has 0 bridgehead atoms. The van der Waals surface area contributed by atoms with E-state index in [-0.39, 0.29) is 23.3 Å². The summed E-state index contributed by atoms with van der Waals surface area (Å²) in [6.45, 7) is 5.32. The molecule has 3 heterocycles. The van der Waals surface area contributed by atoms with Gasteiger partial charge in [-0.1, -0.05) is 30.3 Å².